The molecule has 3 rings (SSSR count). The molecule has 3 aliphatic rings. The fourth-order valence-corrected chi connectivity index (χ4v) is 4.42. The zero-order chi connectivity index (χ0) is 17.3. The molecule has 0 aromatic rings. The van der Waals surface area contributed by atoms with Crippen LogP contribution in [0.4, 0.5) is 4.79 Å². The van der Waals surface area contributed by atoms with Gasteiger partial charge in [0.05, 0.1) is 0 Å². The van der Waals surface area contributed by atoms with Gasteiger partial charge in [-0.05, 0) is 45.7 Å². The highest BCUT2D eigenvalue weighted by Crippen LogP contribution is 2.34. The largest absolute Gasteiger partial charge is 0.333 e. The molecule has 1 saturated carbocycles. The SMILES string of the molecule is CN1C(=O)N(C2CCCCC2)C(=O)[C@](C)(CN2CCCCC2)C1=O. The molecule has 6 heteroatoms. The van der Waals surface area contributed by atoms with Gasteiger partial charge in [-0.3, -0.25) is 19.4 Å². The van der Waals surface area contributed by atoms with E-state index in [4.69, 9.17) is 0 Å². The maximum atomic E-state index is 13.2. The van der Waals surface area contributed by atoms with Crippen LogP contribution in [0.15, 0.2) is 0 Å². The average Bonchev–Trinajstić information content (AvgIpc) is 2.61. The van der Waals surface area contributed by atoms with E-state index in [1.165, 1.54) is 23.3 Å². The van der Waals surface area contributed by atoms with Crippen LogP contribution in [0, 0.1) is 5.41 Å². The predicted octanol–water partition coefficient (Wildman–Crippen LogP) is 2.23. The molecule has 2 heterocycles. The van der Waals surface area contributed by atoms with Gasteiger partial charge in [0.2, 0.25) is 11.8 Å². The van der Waals surface area contributed by atoms with E-state index in [1.54, 1.807) is 6.92 Å². The van der Waals surface area contributed by atoms with Gasteiger partial charge in [-0.1, -0.05) is 25.7 Å². The first-order valence-corrected chi connectivity index (χ1v) is 9.33. The molecule has 3 fully saturated rings. The van der Waals surface area contributed by atoms with Gasteiger partial charge in [0, 0.05) is 19.6 Å². The number of urea groups is 1. The predicted molar refractivity (Wildman–Crippen MR) is 90.3 cm³/mol. The Bertz CT molecular complexity index is 524. The molecule has 24 heavy (non-hydrogen) atoms. The van der Waals surface area contributed by atoms with Crippen molar-refractivity contribution in [3.05, 3.63) is 0 Å². The highest BCUT2D eigenvalue weighted by atomic mass is 16.2. The third-order valence-corrected chi connectivity index (χ3v) is 5.89. The first-order chi connectivity index (χ1) is 11.4. The highest BCUT2D eigenvalue weighted by Gasteiger charge is 2.55. The summed E-state index contributed by atoms with van der Waals surface area (Å²) in [7, 11) is 1.52. The minimum Gasteiger partial charge on any atom is -0.302 e. The van der Waals surface area contributed by atoms with Gasteiger partial charge in [0.25, 0.3) is 0 Å². The van der Waals surface area contributed by atoms with Gasteiger partial charge >= 0.3 is 6.03 Å². The number of amides is 4. The summed E-state index contributed by atoms with van der Waals surface area (Å²) in [5, 5.41) is 0. The molecule has 0 N–H and O–H groups in total. The monoisotopic (exact) mass is 335 g/mol. The molecular formula is C18H29N3O3. The van der Waals surface area contributed by atoms with E-state index < -0.39 is 11.4 Å². The van der Waals surface area contributed by atoms with Crippen molar-refractivity contribution in [1.82, 2.24) is 14.7 Å². The van der Waals surface area contributed by atoms with Crippen LogP contribution in [0.3, 0.4) is 0 Å². The van der Waals surface area contributed by atoms with Crippen molar-refractivity contribution in [3.63, 3.8) is 0 Å². The Labute approximate surface area is 144 Å². The number of barbiturate groups is 1. The van der Waals surface area contributed by atoms with Gasteiger partial charge < -0.3 is 4.90 Å². The zero-order valence-electron chi connectivity index (χ0n) is 14.9. The number of carbonyl (C=O) groups is 3. The number of hydrogen-bond donors (Lipinski definition) is 0. The number of hydrogen-bond acceptors (Lipinski definition) is 4. The molecule has 134 valence electrons. The Morgan fingerprint density at radius 1 is 0.917 bits per heavy atom. The minimum atomic E-state index is -1.14. The Balaban J connectivity index is 1.84. The summed E-state index contributed by atoms with van der Waals surface area (Å²) in [6.45, 7) is 4.00. The molecule has 2 saturated heterocycles. The van der Waals surface area contributed by atoms with Crippen molar-refractivity contribution >= 4 is 17.8 Å². The van der Waals surface area contributed by atoms with Gasteiger partial charge in [-0.25, -0.2) is 4.79 Å². The quantitative estimate of drug-likeness (QED) is 0.742. The Morgan fingerprint density at radius 3 is 2.12 bits per heavy atom. The lowest BCUT2D eigenvalue weighted by Gasteiger charge is -2.46. The van der Waals surface area contributed by atoms with Crippen LogP contribution in [-0.4, -0.2) is 65.3 Å². The van der Waals surface area contributed by atoms with E-state index in [-0.39, 0.29) is 17.9 Å². The lowest BCUT2D eigenvalue weighted by molar-refractivity contribution is -0.160. The van der Waals surface area contributed by atoms with Crippen molar-refractivity contribution in [1.29, 1.82) is 0 Å². The Hall–Kier alpha value is -1.43. The second-order valence-corrected chi connectivity index (χ2v) is 7.78. The number of rotatable bonds is 3. The van der Waals surface area contributed by atoms with Crippen molar-refractivity contribution in [2.75, 3.05) is 26.7 Å². The summed E-state index contributed by atoms with van der Waals surface area (Å²) in [4.78, 5) is 43.4. The molecule has 0 radical (unpaired) electrons. The fourth-order valence-electron chi connectivity index (χ4n) is 4.42. The van der Waals surface area contributed by atoms with E-state index in [9.17, 15) is 14.4 Å². The minimum absolute atomic E-state index is 0.0463. The third kappa shape index (κ3) is 2.96. The average molecular weight is 335 g/mol. The molecule has 6 nitrogen and oxygen atoms in total. The van der Waals surface area contributed by atoms with Crippen LogP contribution in [0.2, 0.25) is 0 Å². The van der Waals surface area contributed by atoms with Gasteiger partial charge in [-0.15, -0.1) is 0 Å². The third-order valence-electron chi connectivity index (χ3n) is 5.89. The first kappa shape index (κ1) is 17.4. The first-order valence-electron chi connectivity index (χ1n) is 9.33. The summed E-state index contributed by atoms with van der Waals surface area (Å²) < 4.78 is 0. The molecule has 4 amide bonds. The Morgan fingerprint density at radius 2 is 1.50 bits per heavy atom. The maximum Gasteiger partial charge on any atom is 0.333 e. The molecule has 0 spiro atoms. The Kier molecular flexibility index (Phi) is 4.95. The molecule has 1 atom stereocenters. The summed E-state index contributed by atoms with van der Waals surface area (Å²) >= 11 is 0. The van der Waals surface area contributed by atoms with E-state index in [2.05, 4.69) is 4.90 Å². The molecular weight excluding hydrogens is 306 g/mol. The van der Waals surface area contributed by atoms with Crippen LogP contribution in [-0.2, 0) is 9.59 Å². The zero-order valence-corrected chi connectivity index (χ0v) is 14.9. The van der Waals surface area contributed by atoms with Crippen molar-refractivity contribution in [2.24, 2.45) is 5.41 Å². The fraction of sp³-hybridized carbons (Fsp3) is 0.833. The number of piperidine rings is 1. The summed E-state index contributed by atoms with van der Waals surface area (Å²) in [5.74, 6) is -0.636. The second kappa shape index (κ2) is 6.82. The molecule has 0 aromatic carbocycles. The lowest BCUT2D eigenvalue weighted by Crippen LogP contribution is -2.68. The molecule has 0 unspecified atom stereocenters. The number of imide groups is 2. The van der Waals surface area contributed by atoms with Crippen LogP contribution in [0.5, 0.6) is 0 Å². The van der Waals surface area contributed by atoms with E-state index in [1.807, 2.05) is 0 Å². The standard InChI is InChI=1S/C18H29N3O3/c1-18(13-20-11-7-4-8-12-20)15(22)19(2)17(24)21(16(18)23)14-9-5-3-6-10-14/h14H,3-13H2,1-2H3/t18-/m1/s1. The normalized spacial score (nSPS) is 31.0. The lowest BCUT2D eigenvalue weighted by atomic mass is 9.82. The number of carbonyl (C=O) groups excluding carboxylic acids is 3. The topological polar surface area (TPSA) is 60.9 Å². The molecule has 1 aliphatic carbocycles. The van der Waals surface area contributed by atoms with Crippen molar-refractivity contribution in [2.45, 2.75) is 64.3 Å². The van der Waals surface area contributed by atoms with Gasteiger partial charge in [0.15, 0.2) is 0 Å². The van der Waals surface area contributed by atoms with Crippen LogP contribution < -0.4 is 0 Å². The summed E-state index contributed by atoms with van der Waals surface area (Å²) in [6, 6.07) is -0.483. The summed E-state index contributed by atoms with van der Waals surface area (Å²) in [6.07, 6.45) is 8.40. The van der Waals surface area contributed by atoms with Gasteiger partial charge in [-0.2, -0.15) is 0 Å². The highest BCUT2D eigenvalue weighted by molar-refractivity contribution is 6.19. The number of nitrogens with zero attached hydrogens (tertiary/aromatic N) is 3. The van der Waals surface area contributed by atoms with Crippen LogP contribution in [0.25, 0.3) is 0 Å². The molecule has 0 aromatic heterocycles. The van der Waals surface area contributed by atoms with E-state index >= 15 is 0 Å². The van der Waals surface area contributed by atoms with Crippen LogP contribution in [0.1, 0.15) is 58.3 Å². The van der Waals surface area contributed by atoms with Crippen molar-refractivity contribution < 1.29 is 14.4 Å². The van der Waals surface area contributed by atoms with E-state index in [0.29, 0.717) is 6.54 Å². The summed E-state index contributed by atoms with van der Waals surface area (Å²) in [5.41, 5.74) is -1.14. The molecule has 2 aliphatic heterocycles. The van der Waals surface area contributed by atoms with Crippen molar-refractivity contribution in [3.8, 4) is 0 Å². The van der Waals surface area contributed by atoms with E-state index in [0.717, 1.165) is 58.0 Å². The second-order valence-electron chi connectivity index (χ2n) is 7.78. The number of likely N-dealkylation sites (tertiary alicyclic amines) is 1. The van der Waals surface area contributed by atoms with Gasteiger partial charge in [0.1, 0.15) is 5.41 Å². The smallest absolute Gasteiger partial charge is 0.302 e. The van der Waals surface area contributed by atoms with Crippen LogP contribution >= 0.6 is 0 Å². The molecule has 0 bridgehead atoms. The maximum absolute atomic E-state index is 13.2.